The Bertz CT molecular complexity index is 2360. The van der Waals surface area contributed by atoms with E-state index >= 15 is 0 Å². The van der Waals surface area contributed by atoms with Crippen molar-refractivity contribution >= 4 is 9.84 Å². The first-order valence-electron chi connectivity index (χ1n) is 16.1. The smallest absolute Gasteiger partial charge is 0.210 e. The molecule has 6 aromatic carbocycles. The zero-order valence-corrected chi connectivity index (χ0v) is 28.8. The molecule has 6 rings (SSSR count). The molecule has 0 aromatic heterocycles. The summed E-state index contributed by atoms with van der Waals surface area (Å²) in [5, 5.41) is 21.6. The van der Waals surface area contributed by atoms with Gasteiger partial charge in [0.15, 0.2) is 0 Å². The monoisotopic (exact) mass is 690 g/mol. The largest absolute Gasteiger partial charge is 0.457 e. The van der Waals surface area contributed by atoms with E-state index in [-0.39, 0.29) is 15.5 Å². The number of rotatable bonds is 8. The van der Waals surface area contributed by atoms with E-state index in [1.807, 2.05) is 66.7 Å². The Hall–Kier alpha value is -6.09. The molecule has 252 valence electrons. The van der Waals surface area contributed by atoms with Gasteiger partial charge in [0.2, 0.25) is 9.84 Å². The summed E-state index contributed by atoms with van der Waals surface area (Å²) in [6, 6.07) is 45.0. The van der Waals surface area contributed by atoms with Gasteiger partial charge in [-0.15, -0.1) is 0 Å². The van der Waals surface area contributed by atoms with Crippen LogP contribution in [0.25, 0.3) is 0 Å². The van der Waals surface area contributed by atoms with Crippen molar-refractivity contribution in [1.82, 2.24) is 0 Å². The molecule has 0 heterocycles. The van der Waals surface area contributed by atoms with Crippen LogP contribution in [0.3, 0.4) is 0 Å². The van der Waals surface area contributed by atoms with Crippen molar-refractivity contribution < 1.29 is 28.1 Å². The Morgan fingerprint density at radius 3 is 1.63 bits per heavy atom. The lowest BCUT2D eigenvalue weighted by Crippen LogP contribution is -2.18. The molecule has 0 fully saturated rings. The second-order valence-electron chi connectivity index (χ2n) is 12.1. The predicted molar refractivity (Wildman–Crippen MR) is 197 cm³/mol. The molecule has 2 atom stereocenters. The Morgan fingerprint density at radius 1 is 0.510 bits per heavy atom. The van der Waals surface area contributed by atoms with Gasteiger partial charge < -0.3 is 19.7 Å². The molecule has 0 bridgehead atoms. The quantitative estimate of drug-likeness (QED) is 0.155. The van der Waals surface area contributed by atoms with E-state index in [1.165, 1.54) is 18.2 Å². The molecule has 6 aromatic rings. The van der Waals surface area contributed by atoms with Crippen LogP contribution in [0.4, 0.5) is 0 Å². The summed E-state index contributed by atoms with van der Waals surface area (Å²) < 4.78 is 39.6. The standard InChI is InChI=1S/C44H34O6S/c1-43(45,35-13-5-3-6-14-35)30-28-33-20-22-38(23-21-33)50-41-18-9-10-19-42(41)51(47,48)40-26-24-37(25-27-40)49-39-17-11-12-34(32-39)29-31-44(2,46)36-15-7-4-8-16-36/h3-27,32,45-46H,1-2H3. The highest BCUT2D eigenvalue weighted by atomic mass is 32.2. The van der Waals surface area contributed by atoms with E-state index < -0.39 is 21.0 Å². The van der Waals surface area contributed by atoms with Gasteiger partial charge in [-0.1, -0.05) is 103 Å². The van der Waals surface area contributed by atoms with Crippen LogP contribution >= 0.6 is 0 Å². The lowest BCUT2D eigenvalue weighted by Gasteiger charge is -2.16. The van der Waals surface area contributed by atoms with Crippen molar-refractivity contribution in [2.45, 2.75) is 34.8 Å². The molecule has 51 heavy (non-hydrogen) atoms. The van der Waals surface area contributed by atoms with Gasteiger partial charge in [-0.3, -0.25) is 0 Å². The van der Waals surface area contributed by atoms with Gasteiger partial charge in [-0.25, -0.2) is 8.42 Å². The number of hydrogen-bond donors (Lipinski definition) is 2. The first kappa shape index (κ1) is 34.8. The van der Waals surface area contributed by atoms with E-state index in [9.17, 15) is 18.6 Å². The number of ether oxygens (including phenoxy) is 2. The minimum absolute atomic E-state index is 0.0131. The fourth-order valence-electron chi connectivity index (χ4n) is 5.13. The first-order valence-corrected chi connectivity index (χ1v) is 17.6. The molecule has 0 spiro atoms. The maximum atomic E-state index is 13.8. The molecule has 0 amide bonds. The second kappa shape index (κ2) is 14.8. The van der Waals surface area contributed by atoms with E-state index in [0.29, 0.717) is 39.5 Å². The number of sulfone groups is 1. The summed E-state index contributed by atoms with van der Waals surface area (Å²) >= 11 is 0. The average molecular weight is 691 g/mol. The summed E-state index contributed by atoms with van der Waals surface area (Å²) in [5.41, 5.74) is 0.0630. The Labute approximate surface area is 298 Å². The number of benzene rings is 6. The molecule has 2 N–H and O–H groups in total. The van der Waals surface area contributed by atoms with Gasteiger partial charge in [-0.2, -0.15) is 0 Å². The maximum Gasteiger partial charge on any atom is 0.210 e. The maximum absolute atomic E-state index is 13.8. The highest BCUT2D eigenvalue weighted by Crippen LogP contribution is 2.34. The molecular weight excluding hydrogens is 657 g/mol. The van der Waals surface area contributed by atoms with Gasteiger partial charge in [0.05, 0.1) is 4.90 Å². The van der Waals surface area contributed by atoms with Crippen LogP contribution in [-0.2, 0) is 21.0 Å². The van der Waals surface area contributed by atoms with Gasteiger partial charge >= 0.3 is 0 Å². The zero-order valence-electron chi connectivity index (χ0n) is 27.9. The molecule has 0 radical (unpaired) electrons. The van der Waals surface area contributed by atoms with Gasteiger partial charge in [0.25, 0.3) is 0 Å². The Balaban J connectivity index is 1.14. The number of aliphatic hydroxyl groups is 2. The van der Waals surface area contributed by atoms with Crippen LogP contribution in [0, 0.1) is 23.7 Å². The highest BCUT2D eigenvalue weighted by Gasteiger charge is 2.23. The van der Waals surface area contributed by atoms with Crippen LogP contribution in [0.2, 0.25) is 0 Å². The van der Waals surface area contributed by atoms with Crippen molar-refractivity contribution in [3.63, 3.8) is 0 Å². The van der Waals surface area contributed by atoms with Crippen molar-refractivity contribution in [1.29, 1.82) is 0 Å². The SMILES string of the molecule is CC(O)(C#Cc1ccc(Oc2ccccc2S(=O)(=O)c2ccc(Oc3cccc(C#CC(C)(O)c4ccccc4)c3)cc2)cc1)c1ccccc1. The third-order valence-corrected chi connectivity index (χ3v) is 9.81. The molecule has 0 aliphatic rings. The summed E-state index contributed by atoms with van der Waals surface area (Å²) in [5.74, 6) is 13.4. The van der Waals surface area contributed by atoms with Gasteiger partial charge in [-0.05, 0) is 104 Å². The van der Waals surface area contributed by atoms with Crippen LogP contribution in [-0.4, -0.2) is 18.6 Å². The fraction of sp³-hybridized carbons (Fsp3) is 0.0909. The summed E-state index contributed by atoms with van der Waals surface area (Å²) in [4.78, 5) is 0.0869. The van der Waals surface area contributed by atoms with Crippen LogP contribution in [0.5, 0.6) is 23.0 Å². The highest BCUT2D eigenvalue weighted by molar-refractivity contribution is 7.91. The molecule has 0 aliphatic heterocycles. The molecule has 6 nitrogen and oxygen atoms in total. The molecule has 2 unspecified atom stereocenters. The molecule has 0 saturated carbocycles. The van der Waals surface area contributed by atoms with Crippen molar-refractivity contribution in [3.05, 3.63) is 180 Å². The number of para-hydroxylation sites is 1. The lowest BCUT2D eigenvalue weighted by molar-refractivity contribution is 0.121. The summed E-state index contributed by atoms with van der Waals surface area (Å²) in [6.07, 6.45) is 0. The third-order valence-electron chi connectivity index (χ3n) is 8.00. The molecule has 0 aliphatic carbocycles. The average Bonchev–Trinajstić information content (AvgIpc) is 3.15. The van der Waals surface area contributed by atoms with E-state index in [0.717, 1.165) is 0 Å². The van der Waals surface area contributed by atoms with E-state index in [1.54, 1.807) is 86.6 Å². The van der Waals surface area contributed by atoms with Crippen LogP contribution in [0.15, 0.2) is 168 Å². The minimum atomic E-state index is -3.96. The van der Waals surface area contributed by atoms with Crippen LogP contribution in [0.1, 0.15) is 36.1 Å². The van der Waals surface area contributed by atoms with Crippen molar-refractivity contribution in [2.75, 3.05) is 0 Å². The fourth-order valence-corrected chi connectivity index (χ4v) is 6.52. The minimum Gasteiger partial charge on any atom is -0.457 e. The lowest BCUT2D eigenvalue weighted by atomic mass is 9.96. The van der Waals surface area contributed by atoms with E-state index in [4.69, 9.17) is 9.47 Å². The van der Waals surface area contributed by atoms with Gasteiger partial charge in [0, 0.05) is 11.1 Å². The first-order chi connectivity index (χ1) is 24.5. The summed E-state index contributed by atoms with van der Waals surface area (Å²) in [7, 11) is -3.96. The Kier molecular flexibility index (Phi) is 10.1. The number of hydrogen-bond acceptors (Lipinski definition) is 6. The second-order valence-corrected chi connectivity index (χ2v) is 14.0. The Morgan fingerprint density at radius 2 is 1.02 bits per heavy atom. The van der Waals surface area contributed by atoms with Gasteiger partial charge in [0.1, 0.15) is 39.1 Å². The predicted octanol–water partition coefficient (Wildman–Crippen LogP) is 8.62. The molecular formula is C44H34O6S. The summed E-state index contributed by atoms with van der Waals surface area (Å²) in [6.45, 7) is 3.28. The topological polar surface area (TPSA) is 93.1 Å². The normalized spacial score (nSPS) is 13.3. The van der Waals surface area contributed by atoms with Crippen molar-refractivity contribution in [2.24, 2.45) is 0 Å². The molecule has 7 heteroatoms. The van der Waals surface area contributed by atoms with Crippen molar-refractivity contribution in [3.8, 4) is 46.7 Å². The zero-order chi connectivity index (χ0) is 35.9. The van der Waals surface area contributed by atoms with Crippen LogP contribution < -0.4 is 9.47 Å². The third kappa shape index (κ3) is 8.56. The van der Waals surface area contributed by atoms with E-state index in [2.05, 4.69) is 23.7 Å². The molecule has 0 saturated heterocycles.